The van der Waals surface area contributed by atoms with E-state index in [1.54, 1.807) is 7.11 Å². The molecule has 1 aliphatic carbocycles. The van der Waals surface area contributed by atoms with Gasteiger partial charge >= 0.3 is 0 Å². The lowest BCUT2D eigenvalue weighted by Crippen LogP contribution is -2.54. The summed E-state index contributed by atoms with van der Waals surface area (Å²) in [5, 5.41) is 4.89. The van der Waals surface area contributed by atoms with Crippen molar-refractivity contribution in [3.05, 3.63) is 40.1 Å². The van der Waals surface area contributed by atoms with E-state index in [1.807, 2.05) is 11.4 Å². The van der Waals surface area contributed by atoms with E-state index in [1.165, 1.54) is 30.6 Å². The van der Waals surface area contributed by atoms with Gasteiger partial charge in [0.15, 0.2) is 0 Å². The number of ether oxygens (including phenoxy) is 3. The molecule has 166 valence electrons. The standard InChI is InChI=1S/C24H30N2O4S/c1-28-12-9-25-23(27)22-14-19(16-31-22)17-5-6-21-18(13-17)15-29-24(30-21)7-10-26(11-8-24)20-3-2-4-20/h5-6,13-14,16,20H,2-4,7-12,15H2,1H3,(H,25,27). The van der Waals surface area contributed by atoms with Crippen molar-refractivity contribution < 1.29 is 19.0 Å². The highest BCUT2D eigenvalue weighted by Gasteiger charge is 2.42. The van der Waals surface area contributed by atoms with Crippen molar-refractivity contribution in [1.82, 2.24) is 10.2 Å². The van der Waals surface area contributed by atoms with Crippen LogP contribution in [-0.4, -0.2) is 56.0 Å². The minimum absolute atomic E-state index is 0.0619. The quantitative estimate of drug-likeness (QED) is 0.684. The van der Waals surface area contributed by atoms with E-state index in [-0.39, 0.29) is 5.91 Å². The van der Waals surface area contributed by atoms with Crippen LogP contribution >= 0.6 is 11.3 Å². The van der Waals surface area contributed by atoms with Gasteiger partial charge < -0.3 is 19.5 Å². The Kier molecular flexibility index (Phi) is 6.01. The second-order valence-electron chi connectivity index (χ2n) is 8.69. The zero-order valence-corrected chi connectivity index (χ0v) is 18.8. The van der Waals surface area contributed by atoms with Gasteiger partial charge in [-0.3, -0.25) is 9.69 Å². The van der Waals surface area contributed by atoms with E-state index in [0.29, 0.717) is 24.6 Å². The Morgan fingerprint density at radius 3 is 2.84 bits per heavy atom. The number of methoxy groups -OCH3 is 1. The average molecular weight is 443 g/mol. The Balaban J connectivity index is 1.24. The first kappa shape index (κ1) is 20.9. The predicted molar refractivity (Wildman–Crippen MR) is 121 cm³/mol. The van der Waals surface area contributed by atoms with Gasteiger partial charge in [0.25, 0.3) is 5.91 Å². The topological polar surface area (TPSA) is 60.0 Å². The van der Waals surface area contributed by atoms with Gasteiger partial charge in [-0.15, -0.1) is 11.3 Å². The lowest BCUT2D eigenvalue weighted by atomic mass is 9.89. The zero-order chi connectivity index (χ0) is 21.3. The number of fused-ring (bicyclic) bond motifs is 1. The van der Waals surface area contributed by atoms with Crippen molar-refractivity contribution in [3.8, 4) is 16.9 Å². The van der Waals surface area contributed by atoms with Crippen LogP contribution in [0.25, 0.3) is 11.1 Å². The molecule has 0 unspecified atom stereocenters. The largest absolute Gasteiger partial charge is 0.462 e. The number of rotatable bonds is 6. The molecule has 0 atom stereocenters. The van der Waals surface area contributed by atoms with Crippen molar-refractivity contribution in [1.29, 1.82) is 0 Å². The molecule has 0 radical (unpaired) electrons. The molecular formula is C24H30N2O4S. The Morgan fingerprint density at radius 1 is 1.26 bits per heavy atom. The highest BCUT2D eigenvalue weighted by molar-refractivity contribution is 7.12. The second-order valence-corrected chi connectivity index (χ2v) is 9.60. The Labute approximate surface area is 187 Å². The molecule has 6 nitrogen and oxygen atoms in total. The van der Waals surface area contributed by atoms with E-state index < -0.39 is 5.79 Å². The fourth-order valence-electron chi connectivity index (χ4n) is 4.60. The number of amides is 1. The summed E-state index contributed by atoms with van der Waals surface area (Å²) in [6.07, 6.45) is 5.92. The summed E-state index contributed by atoms with van der Waals surface area (Å²) in [6, 6.07) is 8.99. The van der Waals surface area contributed by atoms with Crippen molar-refractivity contribution in [3.63, 3.8) is 0 Å². The molecular weight excluding hydrogens is 412 g/mol. The maximum Gasteiger partial charge on any atom is 0.261 e. The SMILES string of the molecule is COCCNC(=O)c1cc(-c2ccc3c(c2)COC2(CCN(C4CCC4)CC2)O3)cs1. The molecule has 3 heterocycles. The molecule has 7 heteroatoms. The van der Waals surface area contributed by atoms with Gasteiger partial charge in [0, 0.05) is 51.2 Å². The maximum atomic E-state index is 12.3. The summed E-state index contributed by atoms with van der Waals surface area (Å²) in [6.45, 7) is 3.71. The number of thiophene rings is 1. The molecule has 1 N–H and O–H groups in total. The summed E-state index contributed by atoms with van der Waals surface area (Å²) < 4.78 is 17.7. The highest BCUT2D eigenvalue weighted by atomic mass is 32.1. The normalized spacial score (nSPS) is 20.7. The fraction of sp³-hybridized carbons (Fsp3) is 0.542. The van der Waals surface area contributed by atoms with Gasteiger partial charge in [0.2, 0.25) is 5.79 Å². The van der Waals surface area contributed by atoms with E-state index in [2.05, 4.69) is 28.4 Å². The lowest BCUT2D eigenvalue weighted by molar-refractivity contribution is -0.231. The molecule has 3 aliphatic rings. The number of likely N-dealkylation sites (tertiary alicyclic amines) is 1. The first-order valence-electron chi connectivity index (χ1n) is 11.2. The fourth-order valence-corrected chi connectivity index (χ4v) is 5.43. The molecule has 1 amide bonds. The van der Waals surface area contributed by atoms with E-state index >= 15 is 0 Å². The first-order chi connectivity index (χ1) is 15.2. The smallest absolute Gasteiger partial charge is 0.261 e. The number of piperidine rings is 1. The molecule has 1 saturated carbocycles. The van der Waals surface area contributed by atoms with Crippen molar-refractivity contribution >= 4 is 17.2 Å². The van der Waals surface area contributed by atoms with Crippen LogP contribution in [0, 0.1) is 0 Å². The third-order valence-electron chi connectivity index (χ3n) is 6.75. The number of nitrogens with one attached hydrogen (secondary N) is 1. The minimum Gasteiger partial charge on any atom is -0.462 e. The minimum atomic E-state index is -0.468. The Morgan fingerprint density at radius 2 is 2.10 bits per heavy atom. The molecule has 1 spiro atoms. The zero-order valence-electron chi connectivity index (χ0n) is 18.0. The maximum absolute atomic E-state index is 12.3. The number of carbonyl (C=O) groups excluding carboxylic acids is 1. The van der Waals surface area contributed by atoms with Gasteiger partial charge in [-0.05, 0) is 47.5 Å². The van der Waals surface area contributed by atoms with E-state index in [4.69, 9.17) is 14.2 Å². The molecule has 2 aromatic rings. The average Bonchev–Trinajstić information content (AvgIpc) is 3.24. The Hall–Kier alpha value is -1.93. The summed E-state index contributed by atoms with van der Waals surface area (Å²) in [5.41, 5.74) is 3.19. The monoisotopic (exact) mass is 442 g/mol. The van der Waals surface area contributed by atoms with Gasteiger partial charge in [0.1, 0.15) is 5.75 Å². The molecule has 2 aliphatic heterocycles. The van der Waals surface area contributed by atoms with Crippen LogP contribution < -0.4 is 10.1 Å². The van der Waals surface area contributed by atoms with Crippen molar-refractivity contribution in [2.75, 3.05) is 33.4 Å². The summed E-state index contributed by atoms with van der Waals surface area (Å²) in [7, 11) is 1.62. The molecule has 2 fully saturated rings. The lowest BCUT2D eigenvalue weighted by Gasteiger charge is -2.47. The van der Waals surface area contributed by atoms with Crippen LogP contribution in [0.4, 0.5) is 0 Å². The van der Waals surface area contributed by atoms with Crippen LogP contribution in [0.1, 0.15) is 47.3 Å². The van der Waals surface area contributed by atoms with Crippen LogP contribution in [-0.2, 0) is 16.1 Å². The molecule has 1 aromatic heterocycles. The molecule has 1 saturated heterocycles. The van der Waals surface area contributed by atoms with Crippen molar-refractivity contribution in [2.24, 2.45) is 0 Å². The number of benzene rings is 1. The molecule has 31 heavy (non-hydrogen) atoms. The van der Waals surface area contributed by atoms with Gasteiger partial charge in [-0.1, -0.05) is 12.5 Å². The highest BCUT2D eigenvalue weighted by Crippen LogP contribution is 2.40. The second kappa shape index (κ2) is 8.90. The first-order valence-corrected chi connectivity index (χ1v) is 12.1. The number of hydrogen-bond donors (Lipinski definition) is 1. The van der Waals surface area contributed by atoms with Crippen molar-refractivity contribution in [2.45, 2.75) is 50.5 Å². The van der Waals surface area contributed by atoms with Gasteiger partial charge in [0.05, 0.1) is 18.1 Å². The molecule has 0 bridgehead atoms. The summed E-state index contributed by atoms with van der Waals surface area (Å²) in [4.78, 5) is 15.6. The predicted octanol–water partition coefficient (Wildman–Crippen LogP) is 4.04. The van der Waals surface area contributed by atoms with Crippen LogP contribution in [0.15, 0.2) is 29.6 Å². The van der Waals surface area contributed by atoms with Crippen LogP contribution in [0.3, 0.4) is 0 Å². The number of carbonyl (C=O) groups is 1. The summed E-state index contributed by atoms with van der Waals surface area (Å²) >= 11 is 1.45. The Bertz CT molecular complexity index is 931. The summed E-state index contributed by atoms with van der Waals surface area (Å²) in [5.74, 6) is 0.401. The third-order valence-corrected chi connectivity index (χ3v) is 7.68. The van der Waals surface area contributed by atoms with Crippen LogP contribution in [0.5, 0.6) is 5.75 Å². The van der Waals surface area contributed by atoms with Gasteiger partial charge in [-0.25, -0.2) is 0 Å². The van der Waals surface area contributed by atoms with E-state index in [0.717, 1.165) is 54.4 Å². The van der Waals surface area contributed by atoms with Gasteiger partial charge in [-0.2, -0.15) is 0 Å². The third kappa shape index (κ3) is 4.37. The van der Waals surface area contributed by atoms with Crippen LogP contribution in [0.2, 0.25) is 0 Å². The molecule has 1 aromatic carbocycles. The van der Waals surface area contributed by atoms with E-state index in [9.17, 15) is 4.79 Å². The number of hydrogen-bond acceptors (Lipinski definition) is 6. The number of nitrogens with zero attached hydrogens (tertiary/aromatic N) is 1. The molecule has 5 rings (SSSR count).